The summed E-state index contributed by atoms with van der Waals surface area (Å²) in [7, 11) is 0. The maximum absolute atomic E-state index is 5.20. The van der Waals surface area contributed by atoms with E-state index in [4.69, 9.17) is 14.7 Å². The molecule has 0 aliphatic carbocycles. The number of aryl methyl sites for hydroxylation is 1. The summed E-state index contributed by atoms with van der Waals surface area (Å²) >= 11 is 0. The minimum absolute atomic E-state index is 0.0209. The van der Waals surface area contributed by atoms with Gasteiger partial charge < -0.3 is 14.7 Å². The summed E-state index contributed by atoms with van der Waals surface area (Å²) in [5.74, 6) is 0.836. The normalized spacial score (nSPS) is 10.4. The first-order valence-corrected chi connectivity index (χ1v) is 3.15. The summed E-state index contributed by atoms with van der Waals surface area (Å²) in [5, 5.41) is 10.6. The predicted octanol–water partition coefficient (Wildman–Crippen LogP) is 0.0102. The molecule has 62 valence electrons. The van der Waals surface area contributed by atoms with Crippen LogP contribution < -0.4 is 5.73 Å². The van der Waals surface area contributed by atoms with E-state index < -0.39 is 0 Å². The molecule has 0 aliphatic heterocycles. The maximum atomic E-state index is 5.20. The Morgan fingerprint density at radius 3 is 2.67 bits per heavy atom. The highest BCUT2D eigenvalue weighted by Crippen LogP contribution is 2.13. The van der Waals surface area contributed by atoms with Crippen molar-refractivity contribution in [3.05, 3.63) is 5.89 Å². The Hall–Kier alpha value is -1.92. The minimum Gasteiger partial charge on any atom is -0.400 e. The number of aromatic nitrogens is 4. The number of hydrogen-bond acceptors (Lipinski definition) is 7. The van der Waals surface area contributed by atoms with Crippen LogP contribution in [0.5, 0.6) is 0 Å². The Labute approximate surface area is 66.6 Å². The van der Waals surface area contributed by atoms with Gasteiger partial charge in [0.1, 0.15) is 0 Å². The number of nitrogens with two attached hydrogens (primary N) is 1. The molecule has 2 aromatic heterocycles. The van der Waals surface area contributed by atoms with Crippen LogP contribution in [-0.2, 0) is 0 Å². The van der Waals surface area contributed by atoms with E-state index >= 15 is 0 Å². The molecule has 2 heterocycles. The summed E-state index contributed by atoms with van der Waals surface area (Å²) in [6, 6.07) is -0.0209. The molecular weight excluding hydrogens is 162 g/mol. The summed E-state index contributed by atoms with van der Waals surface area (Å²) < 4.78 is 9.55. The van der Waals surface area contributed by atoms with Crippen molar-refractivity contribution < 1.29 is 8.94 Å². The Kier molecular flexibility index (Phi) is 1.29. The topological polar surface area (TPSA) is 104 Å². The number of nitrogens with zero attached hydrogens (tertiary/aromatic N) is 4. The Bertz CT molecular complexity index is 354. The molecule has 0 saturated heterocycles. The highest BCUT2D eigenvalue weighted by Gasteiger charge is 2.12. The van der Waals surface area contributed by atoms with Crippen LogP contribution in [0.4, 0.5) is 6.01 Å². The van der Waals surface area contributed by atoms with E-state index in [1.807, 2.05) is 0 Å². The van der Waals surface area contributed by atoms with Crippen LogP contribution in [0.1, 0.15) is 5.89 Å². The van der Waals surface area contributed by atoms with Gasteiger partial charge in [-0.25, -0.2) is 0 Å². The molecule has 0 amide bonds. The van der Waals surface area contributed by atoms with E-state index in [-0.39, 0.29) is 17.7 Å². The number of rotatable bonds is 1. The maximum Gasteiger partial charge on any atom is 0.313 e. The zero-order chi connectivity index (χ0) is 8.55. The van der Waals surface area contributed by atoms with Crippen LogP contribution in [-0.4, -0.2) is 20.3 Å². The van der Waals surface area contributed by atoms with E-state index in [1.54, 1.807) is 6.92 Å². The van der Waals surface area contributed by atoms with Crippen molar-refractivity contribution in [3.63, 3.8) is 0 Å². The van der Waals surface area contributed by atoms with Crippen molar-refractivity contribution in [2.24, 2.45) is 0 Å². The first-order valence-electron chi connectivity index (χ1n) is 3.15. The van der Waals surface area contributed by atoms with Crippen molar-refractivity contribution >= 4 is 6.01 Å². The Balaban J connectivity index is 2.43. The van der Waals surface area contributed by atoms with Crippen molar-refractivity contribution in [1.29, 1.82) is 0 Å². The third-order valence-electron chi connectivity index (χ3n) is 1.16. The molecule has 2 N–H and O–H groups in total. The van der Waals surface area contributed by atoms with Gasteiger partial charge in [0.25, 0.3) is 11.7 Å². The van der Waals surface area contributed by atoms with Crippen LogP contribution >= 0.6 is 0 Å². The molecule has 2 aromatic rings. The molecule has 0 aromatic carbocycles. The van der Waals surface area contributed by atoms with Gasteiger partial charge in [-0.1, -0.05) is 10.3 Å². The van der Waals surface area contributed by atoms with Crippen LogP contribution in [0, 0.1) is 6.92 Å². The lowest BCUT2D eigenvalue weighted by molar-refractivity contribution is 0.392. The second kappa shape index (κ2) is 2.29. The van der Waals surface area contributed by atoms with E-state index in [0.29, 0.717) is 5.89 Å². The average Bonchev–Trinajstić information content (AvgIpc) is 2.58. The Morgan fingerprint density at radius 1 is 1.33 bits per heavy atom. The van der Waals surface area contributed by atoms with Crippen molar-refractivity contribution in [3.8, 4) is 11.7 Å². The third-order valence-corrected chi connectivity index (χ3v) is 1.16. The monoisotopic (exact) mass is 167 g/mol. The van der Waals surface area contributed by atoms with E-state index in [2.05, 4.69) is 20.3 Å². The zero-order valence-corrected chi connectivity index (χ0v) is 6.18. The van der Waals surface area contributed by atoms with Gasteiger partial charge in [-0.05, 0) is 0 Å². The van der Waals surface area contributed by atoms with E-state index in [1.165, 1.54) is 0 Å². The highest BCUT2D eigenvalue weighted by molar-refractivity contribution is 5.38. The molecule has 0 atom stereocenters. The number of nitrogen functional groups attached to an aromatic ring is 1. The smallest absolute Gasteiger partial charge is 0.313 e. The van der Waals surface area contributed by atoms with Gasteiger partial charge in [0.15, 0.2) is 0 Å². The van der Waals surface area contributed by atoms with Crippen LogP contribution in [0.25, 0.3) is 11.7 Å². The molecule has 2 rings (SSSR count). The summed E-state index contributed by atoms with van der Waals surface area (Å²) in [6.45, 7) is 1.66. The van der Waals surface area contributed by atoms with Crippen LogP contribution in [0.3, 0.4) is 0 Å². The standard InChI is InChI=1S/C5H5N5O2/c1-2-7-3(10-12-2)4-8-9-5(6)11-4/h1H3,(H2,6,9). The quantitative estimate of drug-likeness (QED) is 0.637. The average molecular weight is 167 g/mol. The zero-order valence-electron chi connectivity index (χ0n) is 6.18. The largest absolute Gasteiger partial charge is 0.400 e. The molecule has 0 unspecified atom stereocenters. The van der Waals surface area contributed by atoms with Gasteiger partial charge in [0, 0.05) is 6.92 Å². The molecule has 0 radical (unpaired) electrons. The fourth-order valence-electron chi connectivity index (χ4n) is 0.711. The first kappa shape index (κ1) is 6.77. The van der Waals surface area contributed by atoms with Gasteiger partial charge >= 0.3 is 6.01 Å². The summed E-state index contributed by atoms with van der Waals surface area (Å²) in [6.07, 6.45) is 0. The molecule has 7 heteroatoms. The first-order chi connectivity index (χ1) is 5.75. The van der Waals surface area contributed by atoms with Gasteiger partial charge in [-0.2, -0.15) is 4.98 Å². The second-order valence-corrected chi connectivity index (χ2v) is 2.08. The molecule has 7 nitrogen and oxygen atoms in total. The number of hydrogen-bond donors (Lipinski definition) is 1. The molecule has 0 fully saturated rings. The van der Waals surface area contributed by atoms with Crippen molar-refractivity contribution in [1.82, 2.24) is 20.3 Å². The molecule has 0 spiro atoms. The molecule has 0 bridgehead atoms. The van der Waals surface area contributed by atoms with Crippen LogP contribution in [0.15, 0.2) is 8.94 Å². The van der Waals surface area contributed by atoms with Gasteiger partial charge in [0.05, 0.1) is 0 Å². The number of anilines is 1. The Morgan fingerprint density at radius 2 is 2.17 bits per heavy atom. The van der Waals surface area contributed by atoms with Gasteiger partial charge in [-0.3, -0.25) is 0 Å². The lowest BCUT2D eigenvalue weighted by Gasteiger charge is -1.78. The molecule has 0 saturated carbocycles. The fourth-order valence-corrected chi connectivity index (χ4v) is 0.711. The summed E-state index contributed by atoms with van der Waals surface area (Å²) in [4.78, 5) is 3.86. The second-order valence-electron chi connectivity index (χ2n) is 2.08. The van der Waals surface area contributed by atoms with Gasteiger partial charge in [0.2, 0.25) is 5.89 Å². The molecular formula is C5H5N5O2. The van der Waals surface area contributed by atoms with E-state index in [0.717, 1.165) is 0 Å². The SMILES string of the molecule is Cc1nc(-c2nnc(N)o2)no1. The summed E-state index contributed by atoms with van der Waals surface area (Å²) in [5.41, 5.74) is 5.20. The lowest BCUT2D eigenvalue weighted by Crippen LogP contribution is -1.81. The highest BCUT2D eigenvalue weighted by atomic mass is 16.5. The van der Waals surface area contributed by atoms with E-state index in [9.17, 15) is 0 Å². The van der Waals surface area contributed by atoms with Gasteiger partial charge in [-0.15, -0.1) is 5.10 Å². The third kappa shape index (κ3) is 1.00. The molecule has 0 aliphatic rings. The predicted molar refractivity (Wildman–Crippen MR) is 36.7 cm³/mol. The lowest BCUT2D eigenvalue weighted by atomic mass is 10.6. The fraction of sp³-hybridized carbons (Fsp3) is 0.200. The van der Waals surface area contributed by atoms with Crippen LogP contribution in [0.2, 0.25) is 0 Å². The van der Waals surface area contributed by atoms with Crippen molar-refractivity contribution in [2.45, 2.75) is 6.92 Å². The molecule has 12 heavy (non-hydrogen) atoms. The van der Waals surface area contributed by atoms with Crippen molar-refractivity contribution in [2.75, 3.05) is 5.73 Å². The minimum atomic E-state index is -0.0209.